The highest BCUT2D eigenvalue weighted by Gasteiger charge is 2.25. The highest BCUT2D eigenvalue weighted by Crippen LogP contribution is 2.18. The van der Waals surface area contributed by atoms with E-state index in [1.807, 2.05) is 42.5 Å². The van der Waals surface area contributed by atoms with Gasteiger partial charge < -0.3 is 24.3 Å². The number of ether oxygens (including phenoxy) is 1. The molecule has 4 rings (SSSR count). The quantitative estimate of drug-likeness (QED) is 0.511. The molecular weight excluding hydrogens is 456 g/mol. The normalized spacial score (nSPS) is 17.0. The van der Waals surface area contributed by atoms with Crippen LogP contribution >= 0.6 is 0 Å². The zero-order valence-corrected chi connectivity index (χ0v) is 21.3. The molecule has 2 aliphatic rings. The van der Waals surface area contributed by atoms with Crippen molar-refractivity contribution < 1.29 is 18.7 Å². The molecular formula is C28H40N4O4. The van der Waals surface area contributed by atoms with Gasteiger partial charge in [0.05, 0.1) is 26.0 Å². The molecule has 2 aromatic rings. The monoisotopic (exact) mass is 496 g/mol. The van der Waals surface area contributed by atoms with Crippen molar-refractivity contribution in [3.8, 4) is 0 Å². The Bertz CT molecular complexity index is 909. The van der Waals surface area contributed by atoms with Crippen LogP contribution in [0.1, 0.15) is 49.8 Å². The molecule has 0 bridgehead atoms. The molecule has 1 saturated heterocycles. The molecule has 0 spiro atoms. The molecule has 0 radical (unpaired) electrons. The van der Waals surface area contributed by atoms with Crippen LogP contribution in [0.25, 0.3) is 0 Å². The van der Waals surface area contributed by atoms with E-state index in [9.17, 15) is 9.59 Å². The minimum Gasteiger partial charge on any atom is -0.467 e. The van der Waals surface area contributed by atoms with Crippen LogP contribution < -0.4 is 5.32 Å². The Morgan fingerprint density at radius 2 is 1.72 bits per heavy atom. The van der Waals surface area contributed by atoms with Crippen molar-refractivity contribution in [1.29, 1.82) is 0 Å². The summed E-state index contributed by atoms with van der Waals surface area (Å²) in [5, 5.41) is 3.21. The van der Waals surface area contributed by atoms with Crippen molar-refractivity contribution in [3.63, 3.8) is 0 Å². The number of carbonyl (C=O) groups is 2. The molecule has 1 aliphatic heterocycles. The lowest BCUT2D eigenvalue weighted by Crippen LogP contribution is -2.50. The Labute approximate surface area is 214 Å². The van der Waals surface area contributed by atoms with Crippen LogP contribution in [0.15, 0.2) is 53.1 Å². The van der Waals surface area contributed by atoms with Crippen LogP contribution in [0.2, 0.25) is 0 Å². The third-order valence-electron chi connectivity index (χ3n) is 7.05. The lowest BCUT2D eigenvalue weighted by molar-refractivity contribution is -0.133. The van der Waals surface area contributed by atoms with E-state index >= 15 is 0 Å². The molecule has 8 nitrogen and oxygen atoms in total. The van der Waals surface area contributed by atoms with Crippen LogP contribution in [0.5, 0.6) is 0 Å². The molecule has 1 saturated carbocycles. The summed E-state index contributed by atoms with van der Waals surface area (Å²) in [6, 6.07) is 13.7. The van der Waals surface area contributed by atoms with E-state index in [2.05, 4.69) is 10.2 Å². The molecule has 1 aliphatic carbocycles. The minimum absolute atomic E-state index is 0.0508. The lowest BCUT2D eigenvalue weighted by atomic mass is 9.96. The molecule has 8 heteroatoms. The van der Waals surface area contributed by atoms with E-state index in [1.165, 1.54) is 6.42 Å². The van der Waals surface area contributed by atoms with Gasteiger partial charge in [-0.05, 0) is 37.0 Å². The van der Waals surface area contributed by atoms with Crippen molar-refractivity contribution in [1.82, 2.24) is 20.0 Å². The standard InChI is InChI=1S/C28H40N4O4/c33-27(32(22-26-13-7-18-36-26)21-24-9-3-1-4-10-24)23-31(15-8-14-30-16-19-35-20-17-30)28(34)29-25-11-5-2-6-12-25/h1,3-4,7,9-10,13,18,25H,2,5-6,8,11-12,14-17,19-23H2,(H,29,34). The van der Waals surface area contributed by atoms with Crippen molar-refractivity contribution in [2.45, 2.75) is 57.7 Å². The van der Waals surface area contributed by atoms with E-state index in [4.69, 9.17) is 9.15 Å². The van der Waals surface area contributed by atoms with Crippen LogP contribution in [-0.4, -0.2) is 78.6 Å². The van der Waals surface area contributed by atoms with Crippen molar-refractivity contribution in [2.75, 3.05) is 45.9 Å². The fourth-order valence-electron chi connectivity index (χ4n) is 4.97. The molecule has 1 aromatic carbocycles. The minimum atomic E-state index is -0.130. The largest absolute Gasteiger partial charge is 0.467 e. The van der Waals surface area contributed by atoms with E-state index in [-0.39, 0.29) is 24.5 Å². The van der Waals surface area contributed by atoms with E-state index < -0.39 is 0 Å². The van der Waals surface area contributed by atoms with E-state index in [0.717, 1.165) is 76.3 Å². The summed E-state index contributed by atoms with van der Waals surface area (Å²) in [6.07, 6.45) is 8.00. The first-order chi connectivity index (χ1) is 17.7. The second-order valence-electron chi connectivity index (χ2n) is 9.83. The maximum absolute atomic E-state index is 13.6. The molecule has 2 fully saturated rings. The molecule has 0 unspecified atom stereocenters. The first-order valence-electron chi connectivity index (χ1n) is 13.4. The van der Waals surface area contributed by atoms with Gasteiger partial charge in [0.15, 0.2) is 0 Å². The maximum Gasteiger partial charge on any atom is 0.318 e. The predicted octanol–water partition coefficient (Wildman–Crippen LogP) is 3.88. The van der Waals surface area contributed by atoms with Gasteiger partial charge in [0.1, 0.15) is 12.3 Å². The number of nitrogens with one attached hydrogen (secondary N) is 1. The van der Waals surface area contributed by atoms with Crippen LogP contribution in [0.4, 0.5) is 4.79 Å². The topological polar surface area (TPSA) is 78.3 Å². The Hall–Kier alpha value is -2.84. The summed E-state index contributed by atoms with van der Waals surface area (Å²) in [7, 11) is 0. The van der Waals surface area contributed by atoms with Gasteiger partial charge in [-0.2, -0.15) is 0 Å². The van der Waals surface area contributed by atoms with Crippen molar-refractivity contribution in [2.24, 2.45) is 0 Å². The van der Waals surface area contributed by atoms with E-state index in [1.54, 1.807) is 16.1 Å². The second kappa shape index (κ2) is 14.0. The zero-order chi connectivity index (χ0) is 25.0. The number of hydrogen-bond acceptors (Lipinski definition) is 5. The summed E-state index contributed by atoms with van der Waals surface area (Å²) < 4.78 is 11.0. The highest BCUT2D eigenvalue weighted by atomic mass is 16.5. The third-order valence-corrected chi connectivity index (χ3v) is 7.05. The number of urea groups is 1. The Kier molecular flexibility index (Phi) is 10.2. The average molecular weight is 497 g/mol. The van der Waals surface area contributed by atoms with Gasteiger partial charge in [-0.25, -0.2) is 4.79 Å². The number of furan rings is 1. The summed E-state index contributed by atoms with van der Waals surface area (Å²) in [5.41, 5.74) is 1.04. The predicted molar refractivity (Wildman–Crippen MR) is 138 cm³/mol. The van der Waals surface area contributed by atoms with E-state index in [0.29, 0.717) is 19.6 Å². The van der Waals surface area contributed by atoms with Crippen LogP contribution in [-0.2, 0) is 22.6 Å². The van der Waals surface area contributed by atoms with Gasteiger partial charge in [0.25, 0.3) is 0 Å². The van der Waals surface area contributed by atoms with Crippen LogP contribution in [0.3, 0.4) is 0 Å². The van der Waals surface area contributed by atoms with Crippen molar-refractivity contribution >= 4 is 11.9 Å². The number of benzene rings is 1. The third kappa shape index (κ3) is 8.38. The molecule has 2 heterocycles. The highest BCUT2D eigenvalue weighted by molar-refractivity contribution is 5.84. The average Bonchev–Trinajstić information content (AvgIpc) is 3.43. The summed E-state index contributed by atoms with van der Waals surface area (Å²) >= 11 is 0. The summed E-state index contributed by atoms with van der Waals surface area (Å²) in [5.74, 6) is 0.644. The number of carbonyl (C=O) groups excluding carboxylic acids is 2. The molecule has 196 valence electrons. The molecule has 1 aromatic heterocycles. The van der Waals surface area contributed by atoms with Gasteiger partial charge in [-0.15, -0.1) is 0 Å². The van der Waals surface area contributed by atoms with Gasteiger partial charge in [0, 0.05) is 38.8 Å². The summed E-state index contributed by atoms with van der Waals surface area (Å²) in [6.45, 7) is 5.67. The zero-order valence-electron chi connectivity index (χ0n) is 21.3. The molecule has 1 N–H and O–H groups in total. The lowest BCUT2D eigenvalue weighted by Gasteiger charge is -2.31. The maximum atomic E-state index is 13.6. The SMILES string of the molecule is O=C(CN(CCCN1CCOCC1)C(=O)NC1CCCCC1)N(Cc1ccccc1)Cc1ccco1. The number of amides is 3. The Morgan fingerprint density at radius 1 is 0.944 bits per heavy atom. The summed E-state index contributed by atoms with van der Waals surface area (Å²) in [4.78, 5) is 32.7. The number of nitrogens with zero attached hydrogens (tertiary/aromatic N) is 3. The fourth-order valence-corrected chi connectivity index (χ4v) is 4.97. The molecule has 0 atom stereocenters. The molecule has 36 heavy (non-hydrogen) atoms. The number of morpholine rings is 1. The van der Waals surface area contributed by atoms with Gasteiger partial charge in [-0.3, -0.25) is 9.69 Å². The first-order valence-corrected chi connectivity index (χ1v) is 13.4. The number of hydrogen-bond donors (Lipinski definition) is 1. The molecule has 3 amide bonds. The van der Waals surface area contributed by atoms with Crippen molar-refractivity contribution in [3.05, 3.63) is 60.1 Å². The Morgan fingerprint density at radius 3 is 2.44 bits per heavy atom. The fraction of sp³-hybridized carbons (Fsp3) is 0.571. The van der Waals surface area contributed by atoms with Gasteiger partial charge in [0.2, 0.25) is 5.91 Å². The van der Waals surface area contributed by atoms with Crippen LogP contribution in [0, 0.1) is 0 Å². The number of rotatable bonds is 11. The Balaban J connectivity index is 1.41. The smallest absolute Gasteiger partial charge is 0.318 e. The first kappa shape index (κ1) is 26.2. The van der Waals surface area contributed by atoms with Gasteiger partial charge >= 0.3 is 6.03 Å². The van der Waals surface area contributed by atoms with Gasteiger partial charge in [-0.1, -0.05) is 49.6 Å². The second-order valence-corrected chi connectivity index (χ2v) is 9.83.